The van der Waals surface area contributed by atoms with Crippen LogP contribution in [0.15, 0.2) is 42.5 Å². The van der Waals surface area contributed by atoms with Crippen LogP contribution in [0.25, 0.3) is 0 Å². The van der Waals surface area contributed by atoms with E-state index >= 15 is 0 Å². The summed E-state index contributed by atoms with van der Waals surface area (Å²) in [6.07, 6.45) is 6.64. The molecule has 1 saturated heterocycles. The van der Waals surface area contributed by atoms with Crippen LogP contribution in [0.1, 0.15) is 69.2 Å². The van der Waals surface area contributed by atoms with Crippen molar-refractivity contribution in [1.29, 1.82) is 0 Å². The van der Waals surface area contributed by atoms with Gasteiger partial charge in [0, 0.05) is 18.8 Å². The van der Waals surface area contributed by atoms with Gasteiger partial charge in [0.15, 0.2) is 6.10 Å². The van der Waals surface area contributed by atoms with E-state index < -0.39 is 6.10 Å². The van der Waals surface area contributed by atoms with E-state index in [-0.39, 0.29) is 11.9 Å². The lowest BCUT2D eigenvalue weighted by atomic mass is 9.91. The monoisotopic (exact) mass is 420 g/mol. The van der Waals surface area contributed by atoms with Crippen molar-refractivity contribution in [2.24, 2.45) is 5.92 Å². The maximum atomic E-state index is 12.8. The molecular formula is C27H36N2O2. The molecule has 0 bridgehead atoms. The summed E-state index contributed by atoms with van der Waals surface area (Å²) in [5.74, 6) is 1.55. The number of nitrogens with one attached hydrogen (secondary N) is 1. The smallest absolute Gasteiger partial charge is 0.261 e. The summed E-state index contributed by atoms with van der Waals surface area (Å²) < 4.78 is 6.10. The molecule has 1 heterocycles. The highest BCUT2D eigenvalue weighted by atomic mass is 16.5. The molecular weight excluding hydrogens is 384 g/mol. The molecule has 0 spiro atoms. The Labute approximate surface area is 187 Å². The third-order valence-electron chi connectivity index (χ3n) is 6.80. The number of ether oxygens (including phenoxy) is 1. The molecule has 3 atom stereocenters. The number of anilines is 1. The first-order chi connectivity index (χ1) is 15.0. The summed E-state index contributed by atoms with van der Waals surface area (Å²) in [5.41, 5.74) is 5.04. The van der Waals surface area contributed by atoms with Crippen LogP contribution in [-0.2, 0) is 17.6 Å². The van der Waals surface area contributed by atoms with Crippen molar-refractivity contribution in [1.82, 2.24) is 5.32 Å². The molecule has 2 aromatic carbocycles. The minimum atomic E-state index is -0.523. The number of rotatable bonds is 6. The molecule has 0 aromatic heterocycles. The van der Waals surface area contributed by atoms with Crippen molar-refractivity contribution in [2.75, 3.05) is 18.0 Å². The lowest BCUT2D eigenvalue weighted by Crippen LogP contribution is -2.38. The number of amides is 1. The number of benzene rings is 2. The van der Waals surface area contributed by atoms with Crippen molar-refractivity contribution in [3.63, 3.8) is 0 Å². The molecule has 4 nitrogen and oxygen atoms in total. The Morgan fingerprint density at radius 3 is 2.61 bits per heavy atom. The molecule has 1 N–H and O–H groups in total. The largest absolute Gasteiger partial charge is 0.481 e. The zero-order chi connectivity index (χ0) is 21.8. The predicted molar refractivity (Wildman–Crippen MR) is 127 cm³/mol. The van der Waals surface area contributed by atoms with E-state index in [0.29, 0.717) is 0 Å². The van der Waals surface area contributed by atoms with Crippen molar-refractivity contribution in [3.8, 4) is 5.75 Å². The third kappa shape index (κ3) is 5.23. The molecule has 2 aromatic rings. The van der Waals surface area contributed by atoms with Crippen LogP contribution in [0, 0.1) is 5.92 Å². The SMILES string of the molecule is C[C@@H]1CCCN(c2ccc([C@H](C)NC(=O)[C@H](C)Oc3cccc4c3CCCC4)cc2)C1. The van der Waals surface area contributed by atoms with Gasteiger partial charge in [0.2, 0.25) is 0 Å². The molecule has 2 aliphatic rings. The molecule has 0 unspecified atom stereocenters. The lowest BCUT2D eigenvalue weighted by molar-refractivity contribution is -0.127. The molecule has 31 heavy (non-hydrogen) atoms. The summed E-state index contributed by atoms with van der Waals surface area (Å²) >= 11 is 0. The molecule has 4 heteroatoms. The zero-order valence-electron chi connectivity index (χ0n) is 19.2. The average Bonchev–Trinajstić information content (AvgIpc) is 2.79. The first-order valence-electron chi connectivity index (χ1n) is 11.9. The van der Waals surface area contributed by atoms with Crippen molar-refractivity contribution in [2.45, 2.75) is 71.4 Å². The molecule has 4 rings (SSSR count). The van der Waals surface area contributed by atoms with Gasteiger partial charge in [0.25, 0.3) is 5.91 Å². The fourth-order valence-corrected chi connectivity index (χ4v) is 4.91. The van der Waals surface area contributed by atoms with E-state index in [1.165, 1.54) is 42.5 Å². The standard InChI is InChI=1S/C27H36N2O2/c1-19-8-7-17-29(18-19)24-15-13-22(14-16-24)20(2)28-27(30)21(3)31-26-12-6-10-23-9-4-5-11-25(23)26/h6,10,12-16,19-21H,4-5,7-9,11,17-18H2,1-3H3,(H,28,30)/t19-,20+,21+/m1/s1. The highest BCUT2D eigenvalue weighted by Crippen LogP contribution is 2.30. The summed E-state index contributed by atoms with van der Waals surface area (Å²) in [4.78, 5) is 15.3. The second-order valence-electron chi connectivity index (χ2n) is 9.38. The van der Waals surface area contributed by atoms with Gasteiger partial charge in [-0.25, -0.2) is 0 Å². The van der Waals surface area contributed by atoms with E-state index in [9.17, 15) is 4.79 Å². The van der Waals surface area contributed by atoms with Gasteiger partial charge >= 0.3 is 0 Å². The Kier molecular flexibility index (Phi) is 6.84. The predicted octanol–water partition coefficient (Wildman–Crippen LogP) is 5.45. The first-order valence-corrected chi connectivity index (χ1v) is 11.9. The Morgan fingerprint density at radius 2 is 1.84 bits per heavy atom. The summed E-state index contributed by atoms with van der Waals surface area (Å²) in [6.45, 7) is 8.46. The number of hydrogen-bond acceptors (Lipinski definition) is 3. The number of carbonyl (C=O) groups excluding carboxylic acids is 1. The molecule has 1 aliphatic heterocycles. The van der Waals surface area contributed by atoms with E-state index in [1.807, 2.05) is 26.0 Å². The fraction of sp³-hybridized carbons (Fsp3) is 0.519. The van der Waals surface area contributed by atoms with Crippen LogP contribution in [0.2, 0.25) is 0 Å². The molecule has 0 saturated carbocycles. The Morgan fingerprint density at radius 1 is 1.06 bits per heavy atom. The highest BCUT2D eigenvalue weighted by Gasteiger charge is 2.21. The molecule has 1 aliphatic carbocycles. The number of fused-ring (bicyclic) bond motifs is 1. The molecule has 166 valence electrons. The summed E-state index contributed by atoms with van der Waals surface area (Å²) in [5, 5.41) is 3.12. The molecule has 1 fully saturated rings. The topological polar surface area (TPSA) is 41.6 Å². The number of piperidine rings is 1. The second kappa shape index (κ2) is 9.76. The maximum absolute atomic E-state index is 12.8. The van der Waals surface area contributed by atoms with Crippen LogP contribution in [-0.4, -0.2) is 25.1 Å². The van der Waals surface area contributed by atoms with Gasteiger partial charge < -0.3 is 15.0 Å². The van der Waals surface area contributed by atoms with E-state index in [1.54, 1.807) is 0 Å². The van der Waals surface area contributed by atoms with Gasteiger partial charge in [-0.3, -0.25) is 4.79 Å². The fourth-order valence-electron chi connectivity index (χ4n) is 4.91. The van der Waals surface area contributed by atoms with Gasteiger partial charge in [-0.1, -0.05) is 31.2 Å². The van der Waals surface area contributed by atoms with Crippen LogP contribution in [0.5, 0.6) is 5.75 Å². The van der Waals surface area contributed by atoms with Crippen molar-refractivity contribution >= 4 is 11.6 Å². The van der Waals surface area contributed by atoms with Crippen LogP contribution >= 0.6 is 0 Å². The summed E-state index contributed by atoms with van der Waals surface area (Å²) in [6, 6.07) is 14.8. The lowest BCUT2D eigenvalue weighted by Gasteiger charge is -2.33. The quantitative estimate of drug-likeness (QED) is 0.676. The number of nitrogens with zero attached hydrogens (tertiary/aromatic N) is 1. The number of aryl methyl sites for hydroxylation is 1. The van der Waals surface area contributed by atoms with Crippen LogP contribution in [0.3, 0.4) is 0 Å². The molecule has 1 amide bonds. The average molecular weight is 421 g/mol. The Balaban J connectivity index is 1.35. The van der Waals surface area contributed by atoms with Crippen molar-refractivity contribution < 1.29 is 9.53 Å². The van der Waals surface area contributed by atoms with Gasteiger partial charge in [0.1, 0.15) is 5.75 Å². The number of hydrogen-bond donors (Lipinski definition) is 1. The minimum absolute atomic E-state index is 0.0578. The van der Waals surface area contributed by atoms with Gasteiger partial charge in [0.05, 0.1) is 6.04 Å². The van der Waals surface area contributed by atoms with Gasteiger partial charge in [-0.05, 0) is 93.2 Å². The van der Waals surface area contributed by atoms with Crippen molar-refractivity contribution in [3.05, 3.63) is 59.2 Å². The maximum Gasteiger partial charge on any atom is 0.261 e. The number of carbonyl (C=O) groups is 1. The molecule has 0 radical (unpaired) electrons. The highest BCUT2D eigenvalue weighted by molar-refractivity contribution is 5.81. The van der Waals surface area contributed by atoms with Crippen LogP contribution < -0.4 is 15.0 Å². The van der Waals surface area contributed by atoms with Gasteiger partial charge in [-0.2, -0.15) is 0 Å². The van der Waals surface area contributed by atoms with E-state index in [0.717, 1.165) is 43.2 Å². The Hall–Kier alpha value is -2.49. The third-order valence-corrected chi connectivity index (χ3v) is 6.80. The van der Waals surface area contributed by atoms with Crippen LogP contribution in [0.4, 0.5) is 5.69 Å². The second-order valence-corrected chi connectivity index (χ2v) is 9.38. The van der Waals surface area contributed by atoms with Gasteiger partial charge in [-0.15, -0.1) is 0 Å². The van der Waals surface area contributed by atoms with E-state index in [4.69, 9.17) is 4.74 Å². The normalized spacial score (nSPS) is 20.5. The first kappa shape index (κ1) is 21.7. The Bertz CT molecular complexity index is 893. The minimum Gasteiger partial charge on any atom is -0.481 e. The zero-order valence-corrected chi connectivity index (χ0v) is 19.2. The summed E-state index contributed by atoms with van der Waals surface area (Å²) in [7, 11) is 0. The van der Waals surface area contributed by atoms with E-state index in [2.05, 4.69) is 47.5 Å².